The number of hydrogen-bond donors (Lipinski definition) is 1. The molecule has 5 heteroatoms. The predicted octanol–water partition coefficient (Wildman–Crippen LogP) is 3.08. The topological polar surface area (TPSA) is 59.4 Å². The molecule has 0 aliphatic heterocycles. The Hall–Kier alpha value is -2.01. The van der Waals surface area contributed by atoms with Crippen LogP contribution in [0.1, 0.15) is 15.9 Å². The highest BCUT2D eigenvalue weighted by Crippen LogP contribution is 2.17. The minimum atomic E-state index is -1.01. The van der Waals surface area contributed by atoms with Gasteiger partial charge in [0, 0.05) is 11.1 Å². The van der Waals surface area contributed by atoms with Crippen LogP contribution in [0.5, 0.6) is 5.75 Å². The van der Waals surface area contributed by atoms with Crippen molar-refractivity contribution in [1.29, 1.82) is 0 Å². The minimum Gasteiger partial charge on any atom is -0.487 e. The molecule has 0 saturated carbocycles. The maximum atomic E-state index is 10.8. The van der Waals surface area contributed by atoms with Crippen molar-refractivity contribution in [3.63, 3.8) is 0 Å². The molecular formula is C14H13NO3S. The van der Waals surface area contributed by atoms with Crippen LogP contribution in [0.25, 0.3) is 0 Å². The molecular weight excluding hydrogens is 262 g/mol. The predicted molar refractivity (Wildman–Crippen MR) is 73.8 cm³/mol. The van der Waals surface area contributed by atoms with E-state index in [0.717, 1.165) is 5.56 Å². The standard InChI is InChI=1S/C14H13NO3S/c1-19-13-4-2-10(3-5-13)9-18-12-6-11(14(16)17)7-15-8-12/h2-8H,9H2,1H3,(H,16,17). The molecule has 4 nitrogen and oxygen atoms in total. The van der Waals surface area contributed by atoms with E-state index in [1.807, 2.05) is 30.5 Å². The Morgan fingerprint density at radius 2 is 2.05 bits per heavy atom. The van der Waals surface area contributed by atoms with Gasteiger partial charge in [-0.25, -0.2) is 4.79 Å². The van der Waals surface area contributed by atoms with Crippen molar-refractivity contribution in [3.05, 3.63) is 53.9 Å². The van der Waals surface area contributed by atoms with Gasteiger partial charge in [-0.2, -0.15) is 0 Å². The van der Waals surface area contributed by atoms with Gasteiger partial charge in [0.05, 0.1) is 11.8 Å². The Morgan fingerprint density at radius 1 is 1.32 bits per heavy atom. The van der Waals surface area contributed by atoms with Crippen LogP contribution in [0.3, 0.4) is 0 Å². The highest BCUT2D eigenvalue weighted by atomic mass is 32.2. The lowest BCUT2D eigenvalue weighted by Crippen LogP contribution is -2.00. The van der Waals surface area contributed by atoms with Crippen molar-refractivity contribution >= 4 is 17.7 Å². The number of carboxylic acid groups (broad SMARTS) is 1. The lowest BCUT2D eigenvalue weighted by Gasteiger charge is -2.07. The molecule has 0 spiro atoms. The molecule has 1 heterocycles. The van der Waals surface area contributed by atoms with Crippen LogP contribution in [0.2, 0.25) is 0 Å². The second kappa shape index (κ2) is 6.24. The fourth-order valence-electron chi connectivity index (χ4n) is 1.50. The molecule has 2 aromatic rings. The summed E-state index contributed by atoms with van der Waals surface area (Å²) >= 11 is 1.68. The summed E-state index contributed by atoms with van der Waals surface area (Å²) in [6.07, 6.45) is 4.82. The van der Waals surface area contributed by atoms with Gasteiger partial charge in [-0.05, 0) is 30.0 Å². The first-order valence-electron chi connectivity index (χ1n) is 5.63. The SMILES string of the molecule is CSc1ccc(COc2cncc(C(=O)O)c2)cc1. The van der Waals surface area contributed by atoms with Crippen LogP contribution in [0, 0.1) is 0 Å². The Morgan fingerprint density at radius 3 is 2.68 bits per heavy atom. The number of rotatable bonds is 5. The Bertz CT molecular complexity index is 569. The van der Waals surface area contributed by atoms with Crippen LogP contribution in [-0.2, 0) is 6.61 Å². The van der Waals surface area contributed by atoms with E-state index in [1.54, 1.807) is 11.8 Å². The first-order chi connectivity index (χ1) is 9.19. The van der Waals surface area contributed by atoms with Crippen LogP contribution >= 0.6 is 11.8 Å². The van der Waals surface area contributed by atoms with Gasteiger partial charge in [-0.3, -0.25) is 4.98 Å². The molecule has 2 rings (SSSR count). The summed E-state index contributed by atoms with van der Waals surface area (Å²) in [5.41, 5.74) is 1.15. The molecule has 98 valence electrons. The minimum absolute atomic E-state index is 0.121. The van der Waals surface area contributed by atoms with Gasteiger partial charge in [0.25, 0.3) is 0 Å². The zero-order valence-electron chi connectivity index (χ0n) is 10.4. The van der Waals surface area contributed by atoms with E-state index in [9.17, 15) is 4.79 Å². The third-order valence-corrected chi connectivity index (χ3v) is 3.27. The van der Waals surface area contributed by atoms with Gasteiger partial charge in [0.1, 0.15) is 12.4 Å². The maximum Gasteiger partial charge on any atom is 0.337 e. The van der Waals surface area contributed by atoms with Crippen molar-refractivity contribution < 1.29 is 14.6 Å². The molecule has 0 aliphatic rings. The van der Waals surface area contributed by atoms with Crippen LogP contribution in [0.4, 0.5) is 0 Å². The summed E-state index contributed by atoms with van der Waals surface area (Å²) in [6, 6.07) is 9.48. The number of thioether (sulfide) groups is 1. The Labute approximate surface area is 115 Å². The Kier molecular flexibility index (Phi) is 4.41. The quantitative estimate of drug-likeness (QED) is 0.850. The van der Waals surface area contributed by atoms with Crippen molar-refractivity contribution in [2.24, 2.45) is 0 Å². The fourth-order valence-corrected chi connectivity index (χ4v) is 1.91. The molecule has 0 bridgehead atoms. The number of benzene rings is 1. The monoisotopic (exact) mass is 275 g/mol. The second-order valence-electron chi connectivity index (χ2n) is 3.85. The molecule has 0 amide bonds. The molecule has 0 unspecified atom stereocenters. The number of carbonyl (C=O) groups is 1. The number of aromatic carboxylic acids is 1. The fraction of sp³-hybridized carbons (Fsp3) is 0.143. The summed E-state index contributed by atoms with van der Waals surface area (Å²) in [4.78, 5) is 15.8. The smallest absolute Gasteiger partial charge is 0.337 e. The number of nitrogens with zero attached hydrogens (tertiary/aromatic N) is 1. The highest BCUT2D eigenvalue weighted by Gasteiger charge is 2.05. The molecule has 0 atom stereocenters. The molecule has 1 aromatic carbocycles. The summed E-state index contributed by atoms with van der Waals surface area (Å²) < 4.78 is 5.52. The maximum absolute atomic E-state index is 10.8. The lowest BCUT2D eigenvalue weighted by molar-refractivity contribution is 0.0696. The number of carboxylic acids is 1. The number of aromatic nitrogens is 1. The van der Waals surface area contributed by atoms with E-state index < -0.39 is 5.97 Å². The zero-order valence-corrected chi connectivity index (χ0v) is 11.2. The van der Waals surface area contributed by atoms with Crippen LogP contribution in [0.15, 0.2) is 47.6 Å². The van der Waals surface area contributed by atoms with Crippen molar-refractivity contribution in [2.45, 2.75) is 11.5 Å². The molecule has 1 N–H and O–H groups in total. The normalized spacial score (nSPS) is 10.2. The van der Waals surface area contributed by atoms with Gasteiger partial charge < -0.3 is 9.84 Å². The van der Waals surface area contributed by atoms with Gasteiger partial charge >= 0.3 is 5.97 Å². The summed E-state index contributed by atoms with van der Waals surface area (Å²) in [5, 5.41) is 8.85. The third-order valence-electron chi connectivity index (χ3n) is 2.52. The summed E-state index contributed by atoms with van der Waals surface area (Å²) in [5.74, 6) is -0.559. The van der Waals surface area contributed by atoms with Gasteiger partial charge in [0.2, 0.25) is 0 Å². The Balaban J connectivity index is 2.01. The summed E-state index contributed by atoms with van der Waals surface area (Å²) in [7, 11) is 0. The van der Waals surface area contributed by atoms with Gasteiger partial charge in [-0.1, -0.05) is 12.1 Å². The van der Waals surface area contributed by atoms with Crippen LogP contribution < -0.4 is 4.74 Å². The average Bonchev–Trinajstić information content (AvgIpc) is 2.46. The molecule has 0 radical (unpaired) electrons. The highest BCUT2D eigenvalue weighted by molar-refractivity contribution is 7.98. The summed E-state index contributed by atoms with van der Waals surface area (Å²) in [6.45, 7) is 0.388. The van der Waals surface area contributed by atoms with E-state index in [-0.39, 0.29) is 5.56 Å². The molecule has 19 heavy (non-hydrogen) atoms. The number of hydrogen-bond acceptors (Lipinski definition) is 4. The lowest BCUT2D eigenvalue weighted by atomic mass is 10.2. The van der Waals surface area contributed by atoms with Crippen molar-refractivity contribution in [1.82, 2.24) is 4.98 Å². The molecule has 0 fully saturated rings. The molecule has 0 aliphatic carbocycles. The third kappa shape index (κ3) is 3.72. The molecule has 0 saturated heterocycles. The average molecular weight is 275 g/mol. The largest absolute Gasteiger partial charge is 0.487 e. The zero-order chi connectivity index (χ0) is 13.7. The first kappa shape index (κ1) is 13.4. The number of ether oxygens (including phenoxy) is 1. The first-order valence-corrected chi connectivity index (χ1v) is 6.85. The van der Waals surface area contributed by atoms with E-state index in [1.165, 1.54) is 23.4 Å². The van der Waals surface area contributed by atoms with Gasteiger partial charge in [-0.15, -0.1) is 11.8 Å². The van der Waals surface area contributed by atoms with E-state index >= 15 is 0 Å². The second-order valence-corrected chi connectivity index (χ2v) is 4.73. The van der Waals surface area contributed by atoms with Crippen molar-refractivity contribution in [3.8, 4) is 5.75 Å². The van der Waals surface area contributed by atoms with Crippen LogP contribution in [-0.4, -0.2) is 22.3 Å². The molecule has 1 aromatic heterocycles. The van der Waals surface area contributed by atoms with E-state index in [0.29, 0.717) is 12.4 Å². The number of pyridine rings is 1. The van der Waals surface area contributed by atoms with E-state index in [4.69, 9.17) is 9.84 Å². The van der Waals surface area contributed by atoms with Crippen molar-refractivity contribution in [2.75, 3.05) is 6.26 Å². The van der Waals surface area contributed by atoms with Gasteiger partial charge in [0.15, 0.2) is 0 Å². The van der Waals surface area contributed by atoms with E-state index in [2.05, 4.69) is 4.98 Å².